The van der Waals surface area contributed by atoms with Crippen molar-refractivity contribution in [3.05, 3.63) is 18.5 Å². The second-order valence-electron chi connectivity index (χ2n) is 4.36. The van der Waals surface area contributed by atoms with Crippen molar-refractivity contribution in [1.29, 1.82) is 0 Å². The molecule has 104 valence electrons. The van der Waals surface area contributed by atoms with Crippen LogP contribution in [0.5, 0.6) is 0 Å². The Morgan fingerprint density at radius 1 is 1.58 bits per heavy atom. The quantitative estimate of drug-likeness (QED) is 0.827. The van der Waals surface area contributed by atoms with Gasteiger partial charge in [-0.05, 0) is 13.0 Å². The molecule has 2 N–H and O–H groups in total. The second-order valence-corrected chi connectivity index (χ2v) is 4.36. The van der Waals surface area contributed by atoms with Crippen molar-refractivity contribution in [3.8, 4) is 0 Å². The van der Waals surface area contributed by atoms with Crippen LogP contribution in [0.25, 0.3) is 0 Å². The summed E-state index contributed by atoms with van der Waals surface area (Å²) in [7, 11) is 1.64. The Balaban J connectivity index is 2.21. The zero-order valence-corrected chi connectivity index (χ0v) is 11.3. The first kappa shape index (κ1) is 13.6. The molecule has 6 heteroatoms. The predicted octanol–water partition coefficient (Wildman–Crippen LogP) is 0.465. The van der Waals surface area contributed by atoms with Gasteiger partial charge in [-0.2, -0.15) is 0 Å². The number of anilines is 2. The third-order valence-corrected chi connectivity index (χ3v) is 3.11. The molecule has 1 aromatic rings. The zero-order valence-electron chi connectivity index (χ0n) is 11.3. The molecule has 2 heterocycles. The van der Waals surface area contributed by atoms with Crippen molar-refractivity contribution >= 4 is 17.3 Å². The van der Waals surface area contributed by atoms with E-state index in [0.29, 0.717) is 19.8 Å². The number of carbonyl (C=O) groups excluding carboxylic acids is 1. The van der Waals surface area contributed by atoms with Crippen LogP contribution in [0.2, 0.25) is 0 Å². The molecular formula is C13H20N4O2. The lowest BCUT2D eigenvalue weighted by atomic mass is 10.2. The summed E-state index contributed by atoms with van der Waals surface area (Å²) >= 11 is 0. The highest BCUT2D eigenvalue weighted by molar-refractivity contribution is 5.85. The van der Waals surface area contributed by atoms with Crippen LogP contribution in [-0.2, 0) is 9.53 Å². The Morgan fingerprint density at radius 2 is 2.42 bits per heavy atom. The van der Waals surface area contributed by atoms with E-state index in [0.717, 1.165) is 17.9 Å². The van der Waals surface area contributed by atoms with Crippen LogP contribution in [0.1, 0.15) is 6.92 Å². The second kappa shape index (κ2) is 6.38. The van der Waals surface area contributed by atoms with Crippen LogP contribution in [-0.4, -0.2) is 50.3 Å². The molecule has 1 aliphatic rings. The van der Waals surface area contributed by atoms with Crippen molar-refractivity contribution in [2.75, 3.05) is 43.6 Å². The van der Waals surface area contributed by atoms with Crippen LogP contribution in [0.3, 0.4) is 0 Å². The van der Waals surface area contributed by atoms with E-state index in [4.69, 9.17) is 4.74 Å². The number of amides is 1. The lowest BCUT2D eigenvalue weighted by Gasteiger charge is -2.35. The van der Waals surface area contributed by atoms with E-state index >= 15 is 0 Å². The largest absolute Gasteiger partial charge is 0.384 e. The van der Waals surface area contributed by atoms with Gasteiger partial charge in [0.25, 0.3) is 0 Å². The van der Waals surface area contributed by atoms with Crippen molar-refractivity contribution in [1.82, 2.24) is 10.3 Å². The maximum Gasteiger partial charge on any atom is 0.244 e. The first-order chi connectivity index (χ1) is 9.26. The fourth-order valence-corrected chi connectivity index (χ4v) is 2.18. The molecule has 1 fully saturated rings. The van der Waals surface area contributed by atoms with Gasteiger partial charge in [-0.1, -0.05) is 0 Å². The van der Waals surface area contributed by atoms with Crippen LogP contribution < -0.4 is 15.5 Å². The molecule has 1 aliphatic heterocycles. The van der Waals surface area contributed by atoms with Gasteiger partial charge in [0.2, 0.25) is 5.91 Å². The van der Waals surface area contributed by atoms with Crippen LogP contribution >= 0.6 is 0 Å². The summed E-state index contributed by atoms with van der Waals surface area (Å²) in [4.78, 5) is 18.2. The molecule has 19 heavy (non-hydrogen) atoms. The smallest absolute Gasteiger partial charge is 0.244 e. The van der Waals surface area contributed by atoms with Crippen LogP contribution in [0.15, 0.2) is 18.5 Å². The predicted molar refractivity (Wildman–Crippen MR) is 74.4 cm³/mol. The third-order valence-electron chi connectivity index (χ3n) is 3.11. The van der Waals surface area contributed by atoms with Crippen molar-refractivity contribution < 1.29 is 9.53 Å². The molecule has 1 atom stereocenters. The minimum atomic E-state index is -0.294. The number of nitrogens with zero attached hydrogens (tertiary/aromatic N) is 2. The number of carbonyl (C=O) groups is 1. The van der Waals surface area contributed by atoms with Gasteiger partial charge in [0, 0.05) is 20.1 Å². The molecule has 1 amide bonds. The molecule has 0 aromatic carbocycles. The molecule has 1 saturated heterocycles. The average molecular weight is 264 g/mol. The Kier molecular flexibility index (Phi) is 4.57. The van der Waals surface area contributed by atoms with Gasteiger partial charge in [0.15, 0.2) is 0 Å². The zero-order chi connectivity index (χ0) is 13.7. The highest BCUT2D eigenvalue weighted by Crippen LogP contribution is 2.22. The molecule has 6 nitrogen and oxygen atoms in total. The summed E-state index contributed by atoms with van der Waals surface area (Å²) in [5.74, 6) is -0.0337. The fourth-order valence-electron chi connectivity index (χ4n) is 2.18. The SMILES string of the molecule is CCNc1cncc(N2CCOCC2C(=O)NC)c1. The van der Waals surface area contributed by atoms with E-state index in [1.165, 1.54) is 0 Å². The van der Waals surface area contributed by atoms with Crippen molar-refractivity contribution in [2.24, 2.45) is 0 Å². The standard InChI is InChI=1S/C13H20N4O2/c1-3-16-10-6-11(8-15-7-10)17-4-5-19-9-12(17)13(18)14-2/h6-8,12,16H,3-5,9H2,1-2H3,(H,14,18). The van der Waals surface area contributed by atoms with Crippen LogP contribution in [0.4, 0.5) is 11.4 Å². The number of hydrogen-bond donors (Lipinski definition) is 2. The maximum atomic E-state index is 11.9. The molecule has 0 bridgehead atoms. The fraction of sp³-hybridized carbons (Fsp3) is 0.538. The number of pyridine rings is 1. The number of likely N-dealkylation sites (N-methyl/N-ethyl adjacent to an activating group) is 1. The van der Waals surface area contributed by atoms with Crippen LogP contribution in [0, 0.1) is 0 Å². The van der Waals surface area contributed by atoms with Gasteiger partial charge in [-0.15, -0.1) is 0 Å². The summed E-state index contributed by atoms with van der Waals surface area (Å²) < 4.78 is 5.40. The van der Waals surface area contributed by atoms with Gasteiger partial charge in [0.05, 0.1) is 37.0 Å². The monoisotopic (exact) mass is 264 g/mol. The number of aromatic nitrogens is 1. The van der Waals surface area contributed by atoms with Crippen molar-refractivity contribution in [2.45, 2.75) is 13.0 Å². The van der Waals surface area contributed by atoms with E-state index < -0.39 is 0 Å². The number of ether oxygens (including phenoxy) is 1. The average Bonchev–Trinajstić information content (AvgIpc) is 2.47. The highest BCUT2D eigenvalue weighted by Gasteiger charge is 2.29. The Morgan fingerprint density at radius 3 is 3.16 bits per heavy atom. The summed E-state index contributed by atoms with van der Waals surface area (Å²) in [6, 6.07) is 1.72. The number of hydrogen-bond acceptors (Lipinski definition) is 5. The van der Waals surface area contributed by atoms with Gasteiger partial charge in [-0.3, -0.25) is 9.78 Å². The maximum absolute atomic E-state index is 11.9. The lowest BCUT2D eigenvalue weighted by molar-refractivity contribution is -0.124. The molecule has 0 aliphatic carbocycles. The van der Waals surface area contributed by atoms with Crippen molar-refractivity contribution in [3.63, 3.8) is 0 Å². The molecule has 0 spiro atoms. The van der Waals surface area contributed by atoms with Gasteiger partial charge in [0.1, 0.15) is 6.04 Å². The van der Waals surface area contributed by atoms with E-state index in [1.807, 2.05) is 17.9 Å². The number of nitrogens with one attached hydrogen (secondary N) is 2. The first-order valence-electron chi connectivity index (χ1n) is 6.51. The van der Waals surface area contributed by atoms with E-state index in [2.05, 4.69) is 15.6 Å². The number of morpholine rings is 1. The topological polar surface area (TPSA) is 66.5 Å². The molecule has 2 rings (SSSR count). The Bertz CT molecular complexity index is 438. The molecule has 1 aromatic heterocycles. The Labute approximate surface area is 113 Å². The van der Waals surface area contributed by atoms with E-state index in [1.54, 1.807) is 19.4 Å². The summed E-state index contributed by atoms with van der Waals surface area (Å²) in [5, 5.41) is 5.90. The summed E-state index contributed by atoms with van der Waals surface area (Å²) in [6.45, 7) is 4.60. The third kappa shape index (κ3) is 3.14. The molecule has 0 radical (unpaired) electrons. The molecular weight excluding hydrogens is 244 g/mol. The highest BCUT2D eigenvalue weighted by atomic mass is 16.5. The Hall–Kier alpha value is -1.82. The van der Waals surface area contributed by atoms with Gasteiger partial charge < -0.3 is 20.3 Å². The van der Waals surface area contributed by atoms with Gasteiger partial charge >= 0.3 is 0 Å². The van der Waals surface area contributed by atoms with E-state index in [9.17, 15) is 4.79 Å². The summed E-state index contributed by atoms with van der Waals surface area (Å²) in [6.07, 6.45) is 3.56. The first-order valence-corrected chi connectivity index (χ1v) is 6.51. The minimum absolute atomic E-state index is 0.0337. The molecule has 0 saturated carbocycles. The normalized spacial score (nSPS) is 19.1. The summed E-state index contributed by atoms with van der Waals surface area (Å²) in [5.41, 5.74) is 1.90. The number of rotatable bonds is 4. The van der Waals surface area contributed by atoms with Gasteiger partial charge in [-0.25, -0.2) is 0 Å². The molecule has 1 unspecified atom stereocenters. The lowest BCUT2D eigenvalue weighted by Crippen LogP contribution is -2.53. The van der Waals surface area contributed by atoms with E-state index in [-0.39, 0.29) is 11.9 Å². The minimum Gasteiger partial charge on any atom is -0.384 e.